The first kappa shape index (κ1) is 26.1. The van der Waals surface area contributed by atoms with Gasteiger partial charge in [-0.2, -0.15) is 0 Å². The molecule has 0 spiro atoms. The zero-order valence-corrected chi connectivity index (χ0v) is 20.5. The third kappa shape index (κ3) is 7.03. The monoisotopic (exact) mass is 513 g/mol. The lowest BCUT2D eigenvalue weighted by Gasteiger charge is -2.15. The summed E-state index contributed by atoms with van der Waals surface area (Å²) in [5, 5.41) is 15.0. The number of para-hydroxylation sites is 1. The molecule has 0 radical (unpaired) electrons. The molecule has 4 rings (SSSR count). The van der Waals surface area contributed by atoms with E-state index in [1.54, 1.807) is 36.4 Å². The Morgan fingerprint density at radius 3 is 2.32 bits per heavy atom. The third-order valence-electron chi connectivity index (χ3n) is 5.80. The average Bonchev–Trinajstić information content (AvgIpc) is 2.93. The number of carbonyl (C=O) groups excluding carboxylic acids is 2. The van der Waals surface area contributed by atoms with E-state index in [1.807, 2.05) is 42.5 Å². The number of aromatic nitrogens is 2. The molecule has 5 N–H and O–H groups in total. The summed E-state index contributed by atoms with van der Waals surface area (Å²) in [6.07, 6.45) is 0.333. The van der Waals surface area contributed by atoms with Crippen molar-refractivity contribution in [2.24, 2.45) is 0 Å². The van der Waals surface area contributed by atoms with Crippen LogP contribution in [0.4, 0.5) is 10.6 Å². The molecule has 3 aromatic carbocycles. The fourth-order valence-corrected chi connectivity index (χ4v) is 3.75. The molecule has 0 saturated carbocycles. The molecule has 38 heavy (non-hydrogen) atoms. The van der Waals surface area contributed by atoms with Crippen LogP contribution >= 0.6 is 0 Å². The second-order valence-corrected chi connectivity index (χ2v) is 8.55. The number of nitrogens with two attached hydrogens (primary N) is 1. The van der Waals surface area contributed by atoms with E-state index in [0.29, 0.717) is 30.0 Å². The number of aryl methyl sites for hydroxylation is 2. The van der Waals surface area contributed by atoms with Gasteiger partial charge >= 0.3 is 12.1 Å². The van der Waals surface area contributed by atoms with Crippen molar-refractivity contribution in [1.29, 1.82) is 0 Å². The fraction of sp³-hybridized carbons (Fsp3) is 0.179. The van der Waals surface area contributed by atoms with Gasteiger partial charge in [-0.25, -0.2) is 19.6 Å². The van der Waals surface area contributed by atoms with Crippen LogP contribution in [-0.2, 0) is 29.0 Å². The molecular formula is C28H27N5O5. The van der Waals surface area contributed by atoms with Crippen LogP contribution in [0, 0.1) is 0 Å². The van der Waals surface area contributed by atoms with Crippen LogP contribution in [0.2, 0.25) is 0 Å². The SMILES string of the molecule is Nc1nc(CCc2ccc(C(=O)NCC(NC(=O)OCc3ccccc3)C(=O)O)cc2)nc2ccccc12. The van der Waals surface area contributed by atoms with E-state index in [-0.39, 0.29) is 13.2 Å². The fourth-order valence-electron chi connectivity index (χ4n) is 3.75. The number of fused-ring (bicyclic) bond motifs is 1. The van der Waals surface area contributed by atoms with E-state index in [9.17, 15) is 19.5 Å². The smallest absolute Gasteiger partial charge is 0.408 e. The highest BCUT2D eigenvalue weighted by molar-refractivity contribution is 5.94. The number of ether oxygens (including phenoxy) is 1. The summed E-state index contributed by atoms with van der Waals surface area (Å²) < 4.78 is 5.05. The number of alkyl carbamates (subject to hydrolysis) is 1. The number of amides is 2. The normalized spacial score (nSPS) is 11.5. The summed E-state index contributed by atoms with van der Waals surface area (Å²) in [4.78, 5) is 45.0. The highest BCUT2D eigenvalue weighted by atomic mass is 16.5. The van der Waals surface area contributed by atoms with Crippen molar-refractivity contribution in [3.63, 3.8) is 0 Å². The van der Waals surface area contributed by atoms with Crippen LogP contribution in [-0.4, -0.2) is 45.6 Å². The number of carboxylic acids is 1. The molecular weight excluding hydrogens is 486 g/mol. The highest BCUT2D eigenvalue weighted by Crippen LogP contribution is 2.18. The summed E-state index contributed by atoms with van der Waals surface area (Å²) in [5.74, 6) is -0.685. The van der Waals surface area contributed by atoms with E-state index in [2.05, 4.69) is 20.6 Å². The lowest BCUT2D eigenvalue weighted by atomic mass is 10.1. The van der Waals surface area contributed by atoms with E-state index >= 15 is 0 Å². The number of nitrogens with one attached hydrogen (secondary N) is 2. The van der Waals surface area contributed by atoms with Crippen molar-refractivity contribution >= 4 is 34.7 Å². The number of nitrogen functional groups attached to an aromatic ring is 1. The van der Waals surface area contributed by atoms with Gasteiger partial charge in [0.2, 0.25) is 0 Å². The van der Waals surface area contributed by atoms with Gasteiger partial charge in [-0.3, -0.25) is 4.79 Å². The standard InChI is InChI=1S/C28H27N5O5/c29-25-21-8-4-5-9-22(21)31-24(33-25)15-12-18-10-13-20(14-11-18)26(34)30-16-23(27(35)36)32-28(37)38-17-19-6-2-1-3-7-19/h1-11,13-14,23H,12,15-17H2,(H,30,34)(H,32,37)(H,35,36)(H2,29,31,33). The largest absolute Gasteiger partial charge is 0.480 e. The van der Waals surface area contributed by atoms with Gasteiger partial charge in [-0.15, -0.1) is 0 Å². The number of carboxylic acid groups (broad SMARTS) is 1. The van der Waals surface area contributed by atoms with Crippen molar-refractivity contribution in [2.75, 3.05) is 12.3 Å². The molecule has 10 heteroatoms. The summed E-state index contributed by atoms with van der Waals surface area (Å²) in [7, 11) is 0. The Balaban J connectivity index is 1.26. The Labute approximate surface area is 218 Å². The zero-order valence-electron chi connectivity index (χ0n) is 20.5. The quantitative estimate of drug-likeness (QED) is 0.252. The summed E-state index contributed by atoms with van der Waals surface area (Å²) >= 11 is 0. The second-order valence-electron chi connectivity index (χ2n) is 8.55. The molecule has 0 fully saturated rings. The topological polar surface area (TPSA) is 157 Å². The summed E-state index contributed by atoms with van der Waals surface area (Å²) in [6.45, 7) is -0.310. The molecule has 194 valence electrons. The Hall–Kier alpha value is -4.99. The van der Waals surface area contributed by atoms with Crippen LogP contribution in [0.1, 0.15) is 27.3 Å². The number of hydrogen-bond donors (Lipinski definition) is 4. The molecule has 0 aliphatic rings. The first-order valence-corrected chi connectivity index (χ1v) is 12.0. The summed E-state index contributed by atoms with van der Waals surface area (Å²) in [6, 6.07) is 22.1. The van der Waals surface area contributed by atoms with E-state index in [4.69, 9.17) is 10.5 Å². The Morgan fingerprint density at radius 2 is 1.58 bits per heavy atom. The van der Waals surface area contributed by atoms with Gasteiger partial charge in [0, 0.05) is 23.9 Å². The first-order chi connectivity index (χ1) is 18.4. The van der Waals surface area contributed by atoms with Crippen LogP contribution < -0.4 is 16.4 Å². The Kier molecular flexibility index (Phi) is 8.45. The molecule has 1 atom stereocenters. The average molecular weight is 514 g/mol. The number of benzene rings is 3. The molecule has 0 aliphatic carbocycles. The molecule has 1 unspecified atom stereocenters. The van der Waals surface area contributed by atoms with Gasteiger partial charge in [-0.1, -0.05) is 54.6 Å². The molecule has 10 nitrogen and oxygen atoms in total. The van der Waals surface area contributed by atoms with Crippen LogP contribution in [0.3, 0.4) is 0 Å². The minimum atomic E-state index is -1.35. The maximum atomic E-state index is 12.5. The molecule has 0 bridgehead atoms. The minimum Gasteiger partial charge on any atom is -0.480 e. The van der Waals surface area contributed by atoms with Crippen molar-refractivity contribution < 1.29 is 24.2 Å². The zero-order chi connectivity index (χ0) is 26.9. The molecule has 2 amide bonds. The summed E-state index contributed by atoms with van der Waals surface area (Å²) in [5.41, 5.74) is 8.94. The number of rotatable bonds is 10. The van der Waals surface area contributed by atoms with E-state index in [1.165, 1.54) is 0 Å². The number of aliphatic carboxylic acids is 1. The Bertz CT molecular complexity index is 1430. The lowest BCUT2D eigenvalue weighted by molar-refractivity contribution is -0.139. The maximum Gasteiger partial charge on any atom is 0.408 e. The minimum absolute atomic E-state index is 0.00189. The second kappa shape index (κ2) is 12.3. The van der Waals surface area contributed by atoms with Crippen molar-refractivity contribution in [1.82, 2.24) is 20.6 Å². The van der Waals surface area contributed by atoms with Gasteiger partial charge in [0.1, 0.15) is 24.3 Å². The van der Waals surface area contributed by atoms with E-state index in [0.717, 1.165) is 22.0 Å². The van der Waals surface area contributed by atoms with Crippen molar-refractivity contribution in [2.45, 2.75) is 25.5 Å². The number of hydrogen-bond acceptors (Lipinski definition) is 7. The van der Waals surface area contributed by atoms with Crippen molar-refractivity contribution in [3.8, 4) is 0 Å². The predicted molar refractivity (Wildman–Crippen MR) is 141 cm³/mol. The molecule has 4 aromatic rings. The van der Waals surface area contributed by atoms with E-state index < -0.39 is 24.0 Å². The molecule has 0 saturated heterocycles. The van der Waals surface area contributed by atoms with Gasteiger partial charge in [0.05, 0.1) is 5.52 Å². The molecule has 0 aliphatic heterocycles. The maximum absolute atomic E-state index is 12.5. The van der Waals surface area contributed by atoms with Gasteiger partial charge < -0.3 is 26.2 Å². The molecule has 1 heterocycles. The predicted octanol–water partition coefficient (Wildman–Crippen LogP) is 3.11. The van der Waals surface area contributed by atoms with Crippen molar-refractivity contribution in [3.05, 3.63) is 101 Å². The Morgan fingerprint density at radius 1 is 0.868 bits per heavy atom. The van der Waals surface area contributed by atoms with Gasteiger partial charge in [0.25, 0.3) is 5.91 Å². The van der Waals surface area contributed by atoms with Crippen LogP contribution in [0.25, 0.3) is 10.9 Å². The molecule has 1 aromatic heterocycles. The lowest BCUT2D eigenvalue weighted by Crippen LogP contribution is -2.48. The number of nitrogens with zero attached hydrogens (tertiary/aromatic N) is 2. The van der Waals surface area contributed by atoms with Gasteiger partial charge in [-0.05, 0) is 41.8 Å². The first-order valence-electron chi connectivity index (χ1n) is 12.0. The number of carbonyl (C=O) groups is 3. The third-order valence-corrected chi connectivity index (χ3v) is 5.80. The number of anilines is 1. The van der Waals surface area contributed by atoms with Crippen LogP contribution in [0.15, 0.2) is 78.9 Å². The van der Waals surface area contributed by atoms with Gasteiger partial charge in [0.15, 0.2) is 0 Å². The van der Waals surface area contributed by atoms with Crippen LogP contribution in [0.5, 0.6) is 0 Å². The highest BCUT2D eigenvalue weighted by Gasteiger charge is 2.22.